The number of aryl methyl sites for hydroxylation is 1. The van der Waals surface area contributed by atoms with E-state index in [0.717, 1.165) is 51.3 Å². The predicted molar refractivity (Wildman–Crippen MR) is 132 cm³/mol. The van der Waals surface area contributed by atoms with Crippen LogP contribution in [-0.4, -0.2) is 59.2 Å². The molecule has 0 radical (unpaired) electrons. The fraction of sp³-hybridized carbons (Fsp3) is 0.577. The maximum absolute atomic E-state index is 9.88. The number of aromatic hydroxyl groups is 1. The highest BCUT2D eigenvalue weighted by Crippen LogP contribution is 2.44. The number of hydrazine groups is 1. The van der Waals surface area contributed by atoms with Crippen molar-refractivity contribution < 1.29 is 5.11 Å². The zero-order valence-corrected chi connectivity index (χ0v) is 19.9. The van der Waals surface area contributed by atoms with Crippen LogP contribution in [0.2, 0.25) is 0 Å². The van der Waals surface area contributed by atoms with E-state index in [1.807, 2.05) is 25.4 Å². The second kappa shape index (κ2) is 9.97. The third kappa shape index (κ3) is 4.73. The summed E-state index contributed by atoms with van der Waals surface area (Å²) in [5.74, 6) is 2.51. The molecular weight excluding hydrogens is 412 g/mol. The summed E-state index contributed by atoms with van der Waals surface area (Å²) in [6.07, 6.45) is 9.88. The van der Waals surface area contributed by atoms with Gasteiger partial charge in [0.25, 0.3) is 0 Å². The molecule has 3 heterocycles. The summed E-state index contributed by atoms with van der Waals surface area (Å²) in [7, 11) is 2.01. The van der Waals surface area contributed by atoms with Crippen LogP contribution in [0.3, 0.4) is 0 Å². The van der Waals surface area contributed by atoms with Crippen molar-refractivity contribution in [2.75, 3.05) is 33.2 Å². The Bertz CT molecular complexity index is 985. The number of H-pyrrole nitrogens is 1. The van der Waals surface area contributed by atoms with E-state index in [4.69, 9.17) is 4.98 Å². The Hall–Kier alpha value is -2.19. The Morgan fingerprint density at radius 1 is 1.24 bits per heavy atom. The monoisotopic (exact) mass is 450 g/mol. The first-order chi connectivity index (χ1) is 16.2. The molecule has 7 heteroatoms. The van der Waals surface area contributed by atoms with Gasteiger partial charge in [-0.25, -0.2) is 10.4 Å². The minimum absolute atomic E-state index is 0.228. The maximum atomic E-state index is 9.88. The number of likely N-dealkylation sites (N-methyl/N-ethyl adjacent to an activating group) is 1. The molecule has 2 aliphatic heterocycles. The molecule has 2 fully saturated rings. The van der Waals surface area contributed by atoms with Crippen LogP contribution in [0, 0.1) is 5.92 Å². The molecule has 0 amide bonds. The fourth-order valence-electron chi connectivity index (χ4n) is 6.00. The molecule has 1 aromatic heterocycles. The van der Waals surface area contributed by atoms with Gasteiger partial charge in [0, 0.05) is 32.2 Å². The van der Waals surface area contributed by atoms with E-state index in [2.05, 4.69) is 45.1 Å². The number of phenols is 1. The maximum Gasteiger partial charge on any atom is 0.125 e. The average Bonchev–Trinajstić information content (AvgIpc) is 3.49. The number of phenolic OH excluding ortho intramolecular Hbond substituents is 1. The van der Waals surface area contributed by atoms with E-state index >= 15 is 0 Å². The van der Waals surface area contributed by atoms with E-state index in [9.17, 15) is 5.11 Å². The van der Waals surface area contributed by atoms with Crippen molar-refractivity contribution in [2.45, 2.75) is 57.0 Å². The van der Waals surface area contributed by atoms with Crippen LogP contribution in [0.15, 0.2) is 30.5 Å². The molecule has 4 unspecified atom stereocenters. The zero-order valence-electron chi connectivity index (χ0n) is 19.9. The lowest BCUT2D eigenvalue weighted by molar-refractivity contribution is 0.276. The molecule has 0 bridgehead atoms. The van der Waals surface area contributed by atoms with E-state index in [1.165, 1.54) is 35.2 Å². The summed E-state index contributed by atoms with van der Waals surface area (Å²) in [5.41, 5.74) is 12.4. The second-order valence-electron chi connectivity index (χ2n) is 9.85. The first-order valence-corrected chi connectivity index (χ1v) is 12.6. The summed E-state index contributed by atoms with van der Waals surface area (Å²) in [6.45, 7) is 6.42. The second-order valence-corrected chi connectivity index (χ2v) is 9.85. The Kier molecular flexibility index (Phi) is 6.83. The first kappa shape index (κ1) is 22.6. The number of hydrogen-bond donors (Lipinski definition) is 5. The number of nitrogens with one attached hydrogen (secondary N) is 4. The first-order valence-electron chi connectivity index (χ1n) is 12.6. The number of aromatic amines is 1. The summed E-state index contributed by atoms with van der Waals surface area (Å²) in [4.78, 5) is 10.9. The molecule has 1 saturated carbocycles. The third-order valence-corrected chi connectivity index (χ3v) is 7.91. The molecule has 5 rings (SSSR count). The van der Waals surface area contributed by atoms with Gasteiger partial charge < -0.3 is 15.4 Å². The lowest BCUT2D eigenvalue weighted by Crippen LogP contribution is -2.35. The Balaban J connectivity index is 1.23. The number of imidazole rings is 1. The van der Waals surface area contributed by atoms with Crippen molar-refractivity contribution in [3.05, 3.63) is 53.1 Å². The van der Waals surface area contributed by atoms with E-state index in [1.54, 1.807) is 0 Å². The van der Waals surface area contributed by atoms with Crippen LogP contribution in [0.5, 0.6) is 5.75 Å². The van der Waals surface area contributed by atoms with Crippen molar-refractivity contribution >= 4 is 5.57 Å². The number of rotatable bonds is 7. The largest absolute Gasteiger partial charge is 0.508 e. The number of benzene rings is 1. The lowest BCUT2D eigenvalue weighted by Gasteiger charge is -2.33. The quantitative estimate of drug-likeness (QED) is 0.446. The van der Waals surface area contributed by atoms with Crippen LogP contribution in [0.25, 0.3) is 5.57 Å². The topological polar surface area (TPSA) is 88.2 Å². The van der Waals surface area contributed by atoms with Crippen LogP contribution < -0.4 is 16.2 Å². The normalized spacial score (nSPS) is 28.0. The average molecular weight is 451 g/mol. The van der Waals surface area contributed by atoms with Gasteiger partial charge in [-0.2, -0.15) is 0 Å². The highest BCUT2D eigenvalue weighted by Gasteiger charge is 2.42. The molecule has 178 valence electrons. The zero-order chi connectivity index (χ0) is 22.8. The molecular formula is C26H38N6O. The Morgan fingerprint density at radius 2 is 2.15 bits per heavy atom. The number of aromatic nitrogens is 2. The van der Waals surface area contributed by atoms with Gasteiger partial charge in [-0.15, -0.1) is 0 Å². The van der Waals surface area contributed by atoms with Gasteiger partial charge in [0.2, 0.25) is 0 Å². The van der Waals surface area contributed by atoms with Crippen LogP contribution >= 0.6 is 0 Å². The Labute approximate surface area is 197 Å². The number of hydrogen-bond acceptors (Lipinski definition) is 6. The van der Waals surface area contributed by atoms with Gasteiger partial charge in [0.15, 0.2) is 0 Å². The summed E-state index contributed by atoms with van der Waals surface area (Å²) >= 11 is 0. The molecule has 3 aliphatic rings. The lowest BCUT2D eigenvalue weighted by atomic mass is 9.73. The third-order valence-electron chi connectivity index (χ3n) is 7.91. The molecule has 7 nitrogen and oxygen atoms in total. The van der Waals surface area contributed by atoms with Gasteiger partial charge >= 0.3 is 0 Å². The molecule has 33 heavy (non-hydrogen) atoms. The van der Waals surface area contributed by atoms with Crippen LogP contribution in [-0.2, 0) is 6.42 Å². The van der Waals surface area contributed by atoms with Gasteiger partial charge in [-0.05, 0) is 79.8 Å². The highest BCUT2D eigenvalue weighted by atomic mass is 16.3. The van der Waals surface area contributed by atoms with E-state index < -0.39 is 0 Å². The van der Waals surface area contributed by atoms with Gasteiger partial charge in [-0.3, -0.25) is 10.3 Å². The fourth-order valence-corrected chi connectivity index (χ4v) is 6.00. The van der Waals surface area contributed by atoms with Crippen LogP contribution in [0.4, 0.5) is 0 Å². The number of nitrogens with zero attached hydrogens (tertiary/aromatic N) is 2. The standard InChI is InChI=1S/C26H38N6O/c1-3-17-14-20(33)5-7-21(17)19-4-6-22-23(15-19)30-31-25(22)26-28-16-24(29-26)18-8-11-32(12-9-18)13-10-27-2/h5,7-8,14,16,19,22-23,25,27,30-31,33H,3-4,6,9-13,15H2,1-2H3,(H,28,29). The smallest absolute Gasteiger partial charge is 0.125 e. The summed E-state index contributed by atoms with van der Waals surface area (Å²) in [6, 6.07) is 6.58. The molecule has 2 aromatic rings. The molecule has 5 N–H and O–H groups in total. The molecule has 1 aliphatic carbocycles. The molecule has 1 saturated heterocycles. The molecule has 1 aromatic carbocycles. The molecule has 0 spiro atoms. The van der Waals surface area contributed by atoms with E-state index in [-0.39, 0.29) is 6.04 Å². The van der Waals surface area contributed by atoms with Crippen molar-refractivity contribution in [2.24, 2.45) is 5.92 Å². The molecule has 4 atom stereocenters. The van der Waals surface area contributed by atoms with Gasteiger partial charge in [0.05, 0.1) is 17.9 Å². The van der Waals surface area contributed by atoms with Crippen molar-refractivity contribution in [3.63, 3.8) is 0 Å². The van der Waals surface area contributed by atoms with Crippen molar-refractivity contribution in [1.82, 2.24) is 31.0 Å². The Morgan fingerprint density at radius 3 is 2.94 bits per heavy atom. The van der Waals surface area contributed by atoms with Gasteiger partial charge in [0.1, 0.15) is 11.6 Å². The summed E-state index contributed by atoms with van der Waals surface area (Å²) in [5, 5.41) is 13.1. The SMILES string of the molecule is CCc1cc(O)ccc1C1CCC2C(C1)NNC2c1ncc(C2=CCN(CCNC)CC2)[nH]1. The highest BCUT2D eigenvalue weighted by molar-refractivity contribution is 5.63. The minimum Gasteiger partial charge on any atom is -0.508 e. The minimum atomic E-state index is 0.228. The van der Waals surface area contributed by atoms with Gasteiger partial charge in [-0.1, -0.05) is 19.1 Å². The number of fused-ring (bicyclic) bond motifs is 1. The van der Waals surface area contributed by atoms with Crippen molar-refractivity contribution in [3.8, 4) is 5.75 Å². The van der Waals surface area contributed by atoms with E-state index in [0.29, 0.717) is 23.6 Å². The van der Waals surface area contributed by atoms with Crippen molar-refractivity contribution in [1.29, 1.82) is 0 Å². The predicted octanol–water partition coefficient (Wildman–Crippen LogP) is 3.09. The van der Waals surface area contributed by atoms with Crippen LogP contribution in [0.1, 0.15) is 67.2 Å². The summed E-state index contributed by atoms with van der Waals surface area (Å²) < 4.78 is 0.